The van der Waals surface area contributed by atoms with Crippen LogP contribution >= 0.6 is 11.8 Å². The van der Waals surface area contributed by atoms with Gasteiger partial charge >= 0.3 is 0 Å². The first-order valence-corrected chi connectivity index (χ1v) is 7.85. The Kier molecular flexibility index (Phi) is 5.49. The van der Waals surface area contributed by atoms with Crippen LogP contribution in [-0.2, 0) is 13.2 Å². The Labute approximate surface area is 123 Å². The zero-order valence-corrected chi connectivity index (χ0v) is 12.9. The van der Waals surface area contributed by atoms with E-state index < -0.39 is 0 Å². The lowest BCUT2D eigenvalue weighted by Gasteiger charge is -2.07. The van der Waals surface area contributed by atoms with E-state index in [2.05, 4.69) is 24.3 Å². The summed E-state index contributed by atoms with van der Waals surface area (Å²) in [7, 11) is 0. The number of rotatable bonds is 7. The molecule has 1 N–H and O–H groups in total. The third kappa shape index (κ3) is 4.28. The number of hydrogen-bond acceptors (Lipinski definition) is 5. The number of benzene rings is 1. The summed E-state index contributed by atoms with van der Waals surface area (Å²) in [5.41, 5.74) is 0.899. The van der Waals surface area contributed by atoms with Gasteiger partial charge in [-0.15, -0.1) is 11.8 Å². The fraction of sp³-hybridized carbons (Fsp3) is 0.400. The van der Waals surface area contributed by atoms with E-state index in [1.54, 1.807) is 11.8 Å². The second kappa shape index (κ2) is 7.36. The van der Waals surface area contributed by atoms with Gasteiger partial charge in [0.15, 0.2) is 5.76 Å². The maximum atomic E-state index is 5.78. The van der Waals surface area contributed by atoms with Crippen molar-refractivity contribution >= 4 is 11.8 Å². The Bertz CT molecular complexity index is 540. The van der Waals surface area contributed by atoms with Gasteiger partial charge in [-0.3, -0.25) is 0 Å². The smallest absolute Gasteiger partial charge is 0.174 e. The van der Waals surface area contributed by atoms with Crippen molar-refractivity contribution in [2.24, 2.45) is 0 Å². The fourth-order valence-corrected chi connectivity index (χ4v) is 2.25. The maximum absolute atomic E-state index is 5.78. The third-order valence-electron chi connectivity index (χ3n) is 2.74. The molecule has 0 aliphatic carbocycles. The lowest BCUT2D eigenvalue weighted by atomic mass is 10.3. The molecule has 0 unspecified atom stereocenters. The van der Waals surface area contributed by atoms with Crippen molar-refractivity contribution in [1.82, 2.24) is 10.5 Å². The monoisotopic (exact) mass is 292 g/mol. The predicted octanol–water partition coefficient (Wildman–Crippen LogP) is 3.47. The molecule has 0 saturated heterocycles. The Morgan fingerprint density at radius 2 is 2.15 bits per heavy atom. The topological polar surface area (TPSA) is 47.3 Å². The van der Waals surface area contributed by atoms with Crippen molar-refractivity contribution in [2.75, 3.05) is 6.26 Å². The zero-order valence-electron chi connectivity index (χ0n) is 12.1. The third-order valence-corrected chi connectivity index (χ3v) is 3.52. The molecule has 0 amide bonds. The molecule has 0 aliphatic heterocycles. The number of nitrogens with one attached hydrogen (secondary N) is 1. The van der Waals surface area contributed by atoms with Crippen LogP contribution in [0, 0.1) is 0 Å². The molecule has 0 radical (unpaired) electrons. The van der Waals surface area contributed by atoms with Crippen LogP contribution in [0.3, 0.4) is 0 Å². The van der Waals surface area contributed by atoms with Crippen LogP contribution < -0.4 is 10.1 Å². The maximum Gasteiger partial charge on any atom is 0.174 e. The van der Waals surface area contributed by atoms with Gasteiger partial charge in [0, 0.05) is 23.5 Å². The predicted molar refractivity (Wildman–Crippen MR) is 81.0 cm³/mol. The van der Waals surface area contributed by atoms with Crippen LogP contribution in [0.25, 0.3) is 0 Å². The van der Waals surface area contributed by atoms with Crippen molar-refractivity contribution in [1.29, 1.82) is 0 Å². The molecular weight excluding hydrogens is 272 g/mol. The first-order chi connectivity index (χ1) is 9.69. The lowest BCUT2D eigenvalue weighted by Crippen LogP contribution is -2.21. The molecule has 5 heteroatoms. The summed E-state index contributed by atoms with van der Waals surface area (Å²) in [4.78, 5) is 1.12. The van der Waals surface area contributed by atoms with E-state index in [9.17, 15) is 0 Å². The van der Waals surface area contributed by atoms with E-state index in [4.69, 9.17) is 9.26 Å². The Morgan fingerprint density at radius 3 is 2.90 bits per heavy atom. The molecule has 1 aromatic carbocycles. The molecule has 1 aromatic heterocycles. The normalized spacial score (nSPS) is 11.0. The highest BCUT2D eigenvalue weighted by Gasteiger charge is 2.07. The highest BCUT2D eigenvalue weighted by atomic mass is 32.2. The molecule has 0 saturated carbocycles. The summed E-state index contributed by atoms with van der Waals surface area (Å²) in [6.07, 6.45) is 2.03. The van der Waals surface area contributed by atoms with Gasteiger partial charge in [0.25, 0.3) is 0 Å². The number of hydrogen-bond donors (Lipinski definition) is 1. The van der Waals surface area contributed by atoms with Crippen molar-refractivity contribution in [3.05, 3.63) is 41.8 Å². The summed E-state index contributed by atoms with van der Waals surface area (Å²) in [5, 5.41) is 7.32. The van der Waals surface area contributed by atoms with Crippen molar-refractivity contribution < 1.29 is 9.26 Å². The minimum atomic E-state index is 0.395. The van der Waals surface area contributed by atoms with Gasteiger partial charge in [-0.25, -0.2) is 0 Å². The Balaban J connectivity index is 1.91. The van der Waals surface area contributed by atoms with Crippen LogP contribution in [-0.4, -0.2) is 17.5 Å². The van der Waals surface area contributed by atoms with Gasteiger partial charge in [0.05, 0.1) is 5.69 Å². The van der Waals surface area contributed by atoms with Crippen LogP contribution in [0.5, 0.6) is 5.75 Å². The second-order valence-electron chi connectivity index (χ2n) is 4.76. The van der Waals surface area contributed by atoms with E-state index in [1.165, 1.54) is 0 Å². The summed E-state index contributed by atoms with van der Waals surface area (Å²) >= 11 is 1.67. The second-order valence-corrected chi connectivity index (χ2v) is 5.61. The quantitative estimate of drug-likeness (QED) is 0.792. The van der Waals surface area contributed by atoms with Gasteiger partial charge in [-0.05, 0) is 18.4 Å². The minimum Gasteiger partial charge on any atom is -0.484 e. The van der Waals surface area contributed by atoms with Gasteiger partial charge in [-0.1, -0.05) is 31.1 Å². The van der Waals surface area contributed by atoms with Crippen molar-refractivity contribution in [2.45, 2.75) is 37.9 Å². The summed E-state index contributed by atoms with van der Waals surface area (Å²) in [6.45, 7) is 5.31. The van der Waals surface area contributed by atoms with E-state index in [-0.39, 0.29) is 0 Å². The first kappa shape index (κ1) is 14.9. The average Bonchev–Trinajstić information content (AvgIpc) is 2.91. The Hall–Kier alpha value is -1.46. The molecule has 0 fully saturated rings. The molecular formula is C15H20N2O2S. The molecule has 2 rings (SSSR count). The summed E-state index contributed by atoms with van der Waals surface area (Å²) in [6, 6.07) is 10.3. The van der Waals surface area contributed by atoms with E-state index in [1.807, 2.05) is 36.6 Å². The van der Waals surface area contributed by atoms with Gasteiger partial charge in [0.2, 0.25) is 0 Å². The van der Waals surface area contributed by atoms with E-state index >= 15 is 0 Å². The molecule has 0 atom stereocenters. The summed E-state index contributed by atoms with van der Waals surface area (Å²) in [5.74, 6) is 1.61. The average molecular weight is 292 g/mol. The SMILES string of the molecule is CSc1ccccc1OCc1cc(CNC(C)C)no1. The molecule has 0 aliphatic rings. The molecule has 2 aromatic rings. The molecule has 20 heavy (non-hydrogen) atoms. The molecule has 0 bridgehead atoms. The first-order valence-electron chi connectivity index (χ1n) is 6.62. The Morgan fingerprint density at radius 1 is 1.35 bits per heavy atom. The van der Waals surface area contributed by atoms with Crippen LogP contribution in [0.4, 0.5) is 0 Å². The highest BCUT2D eigenvalue weighted by molar-refractivity contribution is 7.98. The van der Waals surface area contributed by atoms with Crippen LogP contribution in [0.15, 0.2) is 39.8 Å². The molecule has 0 spiro atoms. The van der Waals surface area contributed by atoms with Crippen LogP contribution in [0.2, 0.25) is 0 Å². The van der Waals surface area contributed by atoms with E-state index in [0.29, 0.717) is 19.2 Å². The lowest BCUT2D eigenvalue weighted by molar-refractivity contribution is 0.244. The van der Waals surface area contributed by atoms with Gasteiger partial charge < -0.3 is 14.6 Å². The largest absolute Gasteiger partial charge is 0.484 e. The van der Waals surface area contributed by atoms with Crippen molar-refractivity contribution in [3.63, 3.8) is 0 Å². The van der Waals surface area contributed by atoms with Crippen molar-refractivity contribution in [3.8, 4) is 5.75 Å². The number of ether oxygens (including phenoxy) is 1. The molecule has 1 heterocycles. The highest BCUT2D eigenvalue weighted by Crippen LogP contribution is 2.27. The van der Waals surface area contributed by atoms with Crippen LogP contribution in [0.1, 0.15) is 25.3 Å². The number of thioether (sulfide) groups is 1. The minimum absolute atomic E-state index is 0.395. The zero-order chi connectivity index (χ0) is 14.4. The number of aromatic nitrogens is 1. The number of nitrogens with zero attached hydrogens (tertiary/aromatic N) is 1. The standard InChI is InChI=1S/C15H20N2O2S/c1-11(2)16-9-12-8-13(19-17-12)10-18-14-6-4-5-7-15(14)20-3/h4-8,11,16H,9-10H2,1-3H3. The van der Waals surface area contributed by atoms with Gasteiger partial charge in [0.1, 0.15) is 12.4 Å². The van der Waals surface area contributed by atoms with E-state index in [0.717, 1.165) is 22.1 Å². The molecule has 4 nitrogen and oxygen atoms in total. The number of para-hydroxylation sites is 1. The van der Waals surface area contributed by atoms with Gasteiger partial charge in [-0.2, -0.15) is 0 Å². The fourth-order valence-electron chi connectivity index (χ4n) is 1.70. The summed E-state index contributed by atoms with van der Waals surface area (Å²) < 4.78 is 11.0. The molecule has 108 valence electrons.